The first-order valence-corrected chi connectivity index (χ1v) is 7.10. The molecule has 0 saturated heterocycles. The lowest BCUT2D eigenvalue weighted by molar-refractivity contribution is 0.0946. The molecule has 1 aromatic rings. The number of thioether (sulfide) groups is 1. The molecule has 0 aliphatic rings. The second-order valence-electron chi connectivity index (χ2n) is 4.54. The van der Waals surface area contributed by atoms with Gasteiger partial charge in [0.15, 0.2) is 0 Å². The van der Waals surface area contributed by atoms with Gasteiger partial charge in [-0.3, -0.25) is 4.79 Å². The monoisotopic (exact) mass is 278 g/mol. The van der Waals surface area contributed by atoms with Crippen LogP contribution in [0.3, 0.4) is 0 Å². The Morgan fingerprint density at radius 3 is 2.79 bits per heavy atom. The van der Waals surface area contributed by atoms with Crippen molar-refractivity contribution in [1.82, 2.24) is 10.3 Å². The van der Waals surface area contributed by atoms with Crippen molar-refractivity contribution >= 4 is 17.7 Å². The van der Waals surface area contributed by atoms with E-state index in [0.29, 0.717) is 17.8 Å². The van der Waals surface area contributed by atoms with Gasteiger partial charge in [0.2, 0.25) is 0 Å². The number of carbonyl (C=O) groups excluding carboxylic acids is 1. The van der Waals surface area contributed by atoms with Crippen molar-refractivity contribution in [2.45, 2.75) is 18.6 Å². The van der Waals surface area contributed by atoms with Gasteiger partial charge in [-0.1, -0.05) is 11.8 Å². The van der Waals surface area contributed by atoms with Crippen LogP contribution in [0.4, 0.5) is 0 Å². The highest BCUT2D eigenvalue weighted by molar-refractivity contribution is 7.99. The molecule has 0 saturated carbocycles. The fourth-order valence-corrected chi connectivity index (χ4v) is 1.42. The summed E-state index contributed by atoms with van der Waals surface area (Å²) < 4.78 is 0.00218. The number of pyridine rings is 1. The summed E-state index contributed by atoms with van der Waals surface area (Å²) in [7, 11) is 0. The van der Waals surface area contributed by atoms with Gasteiger partial charge in [-0.05, 0) is 32.2 Å². The van der Waals surface area contributed by atoms with Crippen LogP contribution in [0.2, 0.25) is 0 Å². The highest BCUT2D eigenvalue weighted by Gasteiger charge is 2.17. The molecule has 102 valence electrons. The van der Waals surface area contributed by atoms with Crippen molar-refractivity contribution in [2.75, 3.05) is 19.4 Å². The lowest BCUT2D eigenvalue weighted by Crippen LogP contribution is -2.36. The zero-order valence-electron chi connectivity index (χ0n) is 11.4. The summed E-state index contributed by atoms with van der Waals surface area (Å²) in [5.74, 6) is 5.07. The third-order valence-electron chi connectivity index (χ3n) is 2.54. The maximum atomic E-state index is 11.9. The molecule has 1 aromatic heterocycles. The van der Waals surface area contributed by atoms with E-state index >= 15 is 0 Å². The number of carbonyl (C=O) groups is 1. The predicted octanol–water partition coefficient (Wildman–Crippen LogP) is 1.30. The second-order valence-corrected chi connectivity index (χ2v) is 6.05. The maximum absolute atomic E-state index is 11.9. The fourth-order valence-electron chi connectivity index (χ4n) is 1.20. The molecule has 0 aliphatic heterocycles. The normalized spacial score (nSPS) is 10.5. The Bertz CT molecular complexity index is 486. The van der Waals surface area contributed by atoms with E-state index in [1.807, 2.05) is 6.26 Å². The van der Waals surface area contributed by atoms with Gasteiger partial charge < -0.3 is 10.4 Å². The van der Waals surface area contributed by atoms with Gasteiger partial charge >= 0.3 is 0 Å². The first-order valence-electron chi connectivity index (χ1n) is 5.87. The minimum atomic E-state index is -0.191. The summed E-state index contributed by atoms with van der Waals surface area (Å²) in [6.07, 6.45) is 3.54. The van der Waals surface area contributed by atoms with Crippen LogP contribution in [-0.2, 0) is 0 Å². The van der Waals surface area contributed by atoms with Crippen molar-refractivity contribution in [2.24, 2.45) is 0 Å². The third-order valence-corrected chi connectivity index (χ3v) is 3.78. The molecule has 0 spiro atoms. The summed E-state index contributed by atoms with van der Waals surface area (Å²) in [5.41, 5.74) is 1.04. The van der Waals surface area contributed by atoms with E-state index in [-0.39, 0.29) is 17.3 Å². The van der Waals surface area contributed by atoms with E-state index < -0.39 is 0 Å². The number of hydrogen-bond acceptors (Lipinski definition) is 4. The van der Waals surface area contributed by atoms with Gasteiger partial charge in [-0.15, -0.1) is 0 Å². The summed E-state index contributed by atoms with van der Waals surface area (Å²) >= 11 is 1.70. The van der Waals surface area contributed by atoms with Crippen LogP contribution >= 0.6 is 11.8 Å². The number of hydrogen-bond donors (Lipinski definition) is 2. The molecule has 4 nitrogen and oxygen atoms in total. The molecular formula is C14H18N2O2S. The highest BCUT2D eigenvalue weighted by Crippen LogP contribution is 2.19. The topological polar surface area (TPSA) is 62.2 Å². The Hall–Kier alpha value is -1.51. The van der Waals surface area contributed by atoms with Crippen molar-refractivity contribution < 1.29 is 9.90 Å². The molecule has 0 aromatic carbocycles. The Kier molecular flexibility index (Phi) is 5.87. The quantitative estimate of drug-likeness (QED) is 0.815. The van der Waals surface area contributed by atoms with E-state index in [2.05, 4.69) is 36.0 Å². The minimum absolute atomic E-state index is 0.00218. The average molecular weight is 278 g/mol. The smallest absolute Gasteiger partial charge is 0.269 e. The highest BCUT2D eigenvalue weighted by atomic mass is 32.2. The van der Waals surface area contributed by atoms with E-state index in [1.165, 1.54) is 6.20 Å². The minimum Gasteiger partial charge on any atom is -0.384 e. The molecular weight excluding hydrogens is 260 g/mol. The van der Waals surface area contributed by atoms with Gasteiger partial charge in [0.05, 0.1) is 0 Å². The van der Waals surface area contributed by atoms with Crippen molar-refractivity contribution in [1.29, 1.82) is 0 Å². The number of nitrogens with zero attached hydrogens (tertiary/aromatic N) is 1. The first-order chi connectivity index (χ1) is 8.98. The number of aromatic nitrogens is 1. The molecule has 1 amide bonds. The zero-order valence-corrected chi connectivity index (χ0v) is 12.2. The summed E-state index contributed by atoms with van der Waals surface area (Å²) in [6, 6.07) is 3.34. The predicted molar refractivity (Wildman–Crippen MR) is 78.1 cm³/mol. The van der Waals surface area contributed by atoms with Gasteiger partial charge in [0, 0.05) is 23.1 Å². The van der Waals surface area contributed by atoms with E-state index in [1.54, 1.807) is 23.9 Å². The van der Waals surface area contributed by atoms with Gasteiger partial charge in [0.25, 0.3) is 5.91 Å². The number of nitrogens with one attached hydrogen (secondary N) is 1. The van der Waals surface area contributed by atoms with Crippen molar-refractivity contribution in [3.05, 3.63) is 29.6 Å². The SMILES string of the molecule is CSC(C)(C)CNC(=O)c1ccc(C#CCO)cn1. The Balaban J connectivity index is 2.63. The molecule has 0 radical (unpaired) electrons. The lowest BCUT2D eigenvalue weighted by atomic mass is 10.2. The molecule has 19 heavy (non-hydrogen) atoms. The van der Waals surface area contributed by atoms with Crippen LogP contribution in [0.15, 0.2) is 18.3 Å². The Morgan fingerprint density at radius 1 is 1.53 bits per heavy atom. The number of aliphatic hydroxyl groups excluding tert-OH is 1. The standard InChI is InChI=1S/C14H18N2O2S/c1-14(2,19-3)10-16-13(18)12-7-6-11(9-15-12)5-4-8-17/h6-7,9,17H,8,10H2,1-3H3,(H,16,18). The molecule has 0 fully saturated rings. The van der Waals surface area contributed by atoms with E-state index in [4.69, 9.17) is 5.11 Å². The molecule has 1 rings (SSSR count). The van der Waals surface area contributed by atoms with Crippen LogP contribution in [0.25, 0.3) is 0 Å². The summed E-state index contributed by atoms with van der Waals surface area (Å²) in [6.45, 7) is 4.53. The van der Waals surface area contributed by atoms with Crippen LogP contribution in [0.5, 0.6) is 0 Å². The lowest BCUT2D eigenvalue weighted by Gasteiger charge is -2.21. The second kappa shape index (κ2) is 7.17. The fraction of sp³-hybridized carbons (Fsp3) is 0.429. The zero-order chi connectivity index (χ0) is 14.3. The molecule has 1 heterocycles. The van der Waals surface area contributed by atoms with Crippen LogP contribution in [0, 0.1) is 11.8 Å². The molecule has 5 heteroatoms. The van der Waals surface area contributed by atoms with Gasteiger partial charge in [-0.2, -0.15) is 11.8 Å². The Labute approximate surface area is 118 Å². The van der Waals surface area contributed by atoms with Crippen molar-refractivity contribution in [3.63, 3.8) is 0 Å². The number of aliphatic hydroxyl groups is 1. The molecule has 0 bridgehead atoms. The van der Waals surface area contributed by atoms with Crippen LogP contribution in [0.1, 0.15) is 29.9 Å². The van der Waals surface area contributed by atoms with Crippen LogP contribution in [-0.4, -0.2) is 40.2 Å². The van der Waals surface area contributed by atoms with Crippen LogP contribution < -0.4 is 5.32 Å². The Morgan fingerprint density at radius 2 is 2.26 bits per heavy atom. The largest absolute Gasteiger partial charge is 0.384 e. The van der Waals surface area contributed by atoms with E-state index in [9.17, 15) is 4.79 Å². The first kappa shape index (κ1) is 15.5. The van der Waals surface area contributed by atoms with Crippen molar-refractivity contribution in [3.8, 4) is 11.8 Å². The van der Waals surface area contributed by atoms with Gasteiger partial charge in [0.1, 0.15) is 12.3 Å². The molecule has 0 unspecified atom stereocenters. The third kappa shape index (κ3) is 5.33. The molecule has 2 N–H and O–H groups in total. The molecule has 0 aliphatic carbocycles. The maximum Gasteiger partial charge on any atom is 0.269 e. The molecule has 0 atom stereocenters. The number of rotatable bonds is 4. The average Bonchev–Trinajstić information content (AvgIpc) is 2.43. The van der Waals surface area contributed by atoms with E-state index in [0.717, 1.165) is 0 Å². The van der Waals surface area contributed by atoms with Gasteiger partial charge in [-0.25, -0.2) is 4.98 Å². The summed E-state index contributed by atoms with van der Waals surface area (Å²) in [5, 5.41) is 11.4. The number of amides is 1. The summed E-state index contributed by atoms with van der Waals surface area (Å²) in [4.78, 5) is 15.9.